The molecule has 3 aromatic rings. The minimum Gasteiger partial charge on any atom is -0.397 e. The summed E-state index contributed by atoms with van der Waals surface area (Å²) in [5, 5.41) is 3.24. The average Bonchev–Trinajstić information content (AvgIpc) is 2.50. The standard InChI is InChI=1S/C15H11ClN4O/c16-9-4-5-11(17)13(8-9)20-15(21)10-2-1-3-12-14(10)19-7-6-18-12/h1-8H,17H2,(H,20,21). The molecule has 0 fully saturated rings. The van der Waals surface area contributed by atoms with Gasteiger partial charge in [-0.3, -0.25) is 14.8 Å². The lowest BCUT2D eigenvalue weighted by Gasteiger charge is -2.09. The van der Waals surface area contributed by atoms with Gasteiger partial charge in [0.15, 0.2) is 0 Å². The highest BCUT2D eigenvalue weighted by Crippen LogP contribution is 2.24. The monoisotopic (exact) mass is 298 g/mol. The summed E-state index contributed by atoms with van der Waals surface area (Å²) in [4.78, 5) is 20.8. The number of hydrogen-bond acceptors (Lipinski definition) is 4. The lowest BCUT2D eigenvalue weighted by atomic mass is 10.1. The summed E-state index contributed by atoms with van der Waals surface area (Å²) >= 11 is 5.91. The van der Waals surface area contributed by atoms with Crippen LogP contribution in [0.4, 0.5) is 11.4 Å². The van der Waals surface area contributed by atoms with Crippen molar-refractivity contribution >= 4 is 39.9 Å². The molecule has 2 aromatic carbocycles. The molecule has 1 heterocycles. The molecule has 0 atom stereocenters. The highest BCUT2D eigenvalue weighted by Gasteiger charge is 2.13. The molecule has 1 aromatic heterocycles. The first-order chi connectivity index (χ1) is 10.1. The molecular weight excluding hydrogens is 288 g/mol. The number of halogens is 1. The SMILES string of the molecule is Nc1ccc(Cl)cc1NC(=O)c1cccc2nccnc12. The zero-order chi connectivity index (χ0) is 14.8. The number of anilines is 2. The Bertz CT molecular complexity index is 830. The highest BCUT2D eigenvalue weighted by atomic mass is 35.5. The van der Waals surface area contributed by atoms with E-state index < -0.39 is 0 Å². The number of benzene rings is 2. The van der Waals surface area contributed by atoms with E-state index in [1.54, 1.807) is 48.8 Å². The lowest BCUT2D eigenvalue weighted by molar-refractivity contribution is 0.102. The molecule has 1 amide bonds. The van der Waals surface area contributed by atoms with Gasteiger partial charge in [0.25, 0.3) is 5.91 Å². The molecule has 0 unspecified atom stereocenters. The summed E-state index contributed by atoms with van der Waals surface area (Å²) in [6.07, 6.45) is 3.13. The first-order valence-corrected chi connectivity index (χ1v) is 6.59. The van der Waals surface area contributed by atoms with Crippen LogP contribution >= 0.6 is 11.6 Å². The molecule has 0 aliphatic heterocycles. The smallest absolute Gasteiger partial charge is 0.257 e. The Kier molecular flexibility index (Phi) is 3.41. The maximum atomic E-state index is 12.4. The van der Waals surface area contributed by atoms with E-state index in [0.29, 0.717) is 33.0 Å². The van der Waals surface area contributed by atoms with Gasteiger partial charge in [0, 0.05) is 17.4 Å². The Morgan fingerprint density at radius 1 is 1.14 bits per heavy atom. The van der Waals surface area contributed by atoms with Gasteiger partial charge < -0.3 is 11.1 Å². The van der Waals surface area contributed by atoms with E-state index in [-0.39, 0.29) is 5.91 Å². The summed E-state index contributed by atoms with van der Waals surface area (Å²) in [5.74, 6) is -0.310. The van der Waals surface area contributed by atoms with Gasteiger partial charge in [-0.1, -0.05) is 17.7 Å². The third-order valence-corrected chi connectivity index (χ3v) is 3.24. The average molecular weight is 299 g/mol. The predicted octanol–water partition coefficient (Wildman–Crippen LogP) is 3.12. The Balaban J connectivity index is 1.99. The van der Waals surface area contributed by atoms with Gasteiger partial charge in [-0.2, -0.15) is 0 Å². The van der Waals surface area contributed by atoms with Gasteiger partial charge in [-0.05, 0) is 30.3 Å². The van der Waals surface area contributed by atoms with Crippen LogP contribution in [0, 0.1) is 0 Å². The minimum absolute atomic E-state index is 0.310. The maximum absolute atomic E-state index is 12.4. The number of rotatable bonds is 2. The van der Waals surface area contributed by atoms with Crippen molar-refractivity contribution in [2.45, 2.75) is 0 Å². The fourth-order valence-corrected chi connectivity index (χ4v) is 2.17. The van der Waals surface area contributed by atoms with Crippen molar-refractivity contribution in [2.24, 2.45) is 0 Å². The van der Waals surface area contributed by atoms with Crippen LogP contribution in [-0.4, -0.2) is 15.9 Å². The molecule has 0 aliphatic carbocycles. The number of hydrogen-bond donors (Lipinski definition) is 2. The molecule has 104 valence electrons. The summed E-state index contributed by atoms with van der Waals surface area (Å²) in [7, 11) is 0. The molecule has 0 saturated heterocycles. The van der Waals surface area contributed by atoms with E-state index in [1.165, 1.54) is 0 Å². The fourth-order valence-electron chi connectivity index (χ4n) is 2.00. The molecular formula is C15H11ClN4O. The second-order valence-corrected chi connectivity index (χ2v) is 4.85. The number of amides is 1. The molecule has 0 bridgehead atoms. The molecule has 0 spiro atoms. The van der Waals surface area contributed by atoms with Crippen molar-refractivity contribution in [1.29, 1.82) is 0 Å². The minimum atomic E-state index is -0.310. The van der Waals surface area contributed by atoms with Gasteiger partial charge in [0.1, 0.15) is 5.52 Å². The van der Waals surface area contributed by atoms with Crippen LogP contribution in [0.1, 0.15) is 10.4 Å². The molecule has 3 N–H and O–H groups in total. The van der Waals surface area contributed by atoms with Crippen molar-refractivity contribution in [1.82, 2.24) is 9.97 Å². The topological polar surface area (TPSA) is 80.9 Å². The third-order valence-electron chi connectivity index (χ3n) is 3.01. The number of nitrogen functional groups attached to an aromatic ring is 1. The number of fused-ring (bicyclic) bond motifs is 1. The number of nitrogens with two attached hydrogens (primary N) is 1. The molecule has 21 heavy (non-hydrogen) atoms. The van der Waals surface area contributed by atoms with Gasteiger partial charge in [-0.15, -0.1) is 0 Å². The number of para-hydroxylation sites is 1. The van der Waals surface area contributed by atoms with E-state index in [2.05, 4.69) is 15.3 Å². The summed E-state index contributed by atoms with van der Waals surface area (Å²) < 4.78 is 0. The Morgan fingerprint density at radius 2 is 1.95 bits per heavy atom. The van der Waals surface area contributed by atoms with E-state index in [0.717, 1.165) is 0 Å². The zero-order valence-electron chi connectivity index (χ0n) is 10.9. The van der Waals surface area contributed by atoms with Crippen molar-refractivity contribution < 1.29 is 4.79 Å². The summed E-state index contributed by atoms with van der Waals surface area (Å²) in [5.41, 5.74) is 8.36. The second kappa shape index (κ2) is 5.38. The predicted molar refractivity (Wildman–Crippen MR) is 83.4 cm³/mol. The Hall–Kier alpha value is -2.66. The van der Waals surface area contributed by atoms with E-state index in [9.17, 15) is 4.79 Å². The van der Waals surface area contributed by atoms with Gasteiger partial charge in [-0.25, -0.2) is 0 Å². The van der Waals surface area contributed by atoms with Gasteiger partial charge in [0.05, 0.1) is 22.5 Å². The largest absolute Gasteiger partial charge is 0.397 e. The molecule has 6 heteroatoms. The quantitative estimate of drug-likeness (QED) is 0.712. The molecule has 3 rings (SSSR count). The van der Waals surface area contributed by atoms with Gasteiger partial charge in [0.2, 0.25) is 0 Å². The normalized spacial score (nSPS) is 10.5. The van der Waals surface area contributed by atoms with Crippen LogP contribution < -0.4 is 11.1 Å². The van der Waals surface area contributed by atoms with Crippen LogP contribution in [0.25, 0.3) is 11.0 Å². The Morgan fingerprint density at radius 3 is 2.81 bits per heavy atom. The van der Waals surface area contributed by atoms with E-state index in [4.69, 9.17) is 17.3 Å². The number of aromatic nitrogens is 2. The Labute approximate surface area is 125 Å². The maximum Gasteiger partial charge on any atom is 0.257 e. The first-order valence-electron chi connectivity index (χ1n) is 6.21. The van der Waals surface area contributed by atoms with Crippen LogP contribution in [0.15, 0.2) is 48.8 Å². The third kappa shape index (κ3) is 2.64. The number of nitrogens with zero attached hydrogens (tertiary/aromatic N) is 2. The molecule has 5 nitrogen and oxygen atoms in total. The highest BCUT2D eigenvalue weighted by molar-refractivity contribution is 6.31. The number of nitrogens with one attached hydrogen (secondary N) is 1. The van der Waals surface area contributed by atoms with Crippen LogP contribution in [-0.2, 0) is 0 Å². The van der Waals surface area contributed by atoms with Crippen molar-refractivity contribution in [3.05, 3.63) is 59.4 Å². The summed E-state index contributed by atoms with van der Waals surface area (Å²) in [6.45, 7) is 0. The van der Waals surface area contributed by atoms with Crippen molar-refractivity contribution in [3.8, 4) is 0 Å². The summed E-state index contributed by atoms with van der Waals surface area (Å²) in [6, 6.07) is 10.1. The van der Waals surface area contributed by atoms with Crippen LogP contribution in [0.3, 0.4) is 0 Å². The van der Waals surface area contributed by atoms with E-state index in [1.807, 2.05) is 0 Å². The molecule has 0 saturated carbocycles. The molecule has 0 radical (unpaired) electrons. The first kappa shape index (κ1) is 13.3. The van der Waals surface area contributed by atoms with Crippen LogP contribution in [0.5, 0.6) is 0 Å². The van der Waals surface area contributed by atoms with Crippen LogP contribution in [0.2, 0.25) is 5.02 Å². The van der Waals surface area contributed by atoms with Crippen molar-refractivity contribution in [3.63, 3.8) is 0 Å². The fraction of sp³-hybridized carbons (Fsp3) is 0. The van der Waals surface area contributed by atoms with E-state index >= 15 is 0 Å². The van der Waals surface area contributed by atoms with Crippen molar-refractivity contribution in [2.75, 3.05) is 11.1 Å². The lowest BCUT2D eigenvalue weighted by Crippen LogP contribution is -2.14. The number of carbonyl (C=O) groups excluding carboxylic acids is 1. The zero-order valence-corrected chi connectivity index (χ0v) is 11.6. The number of carbonyl (C=O) groups is 1. The second-order valence-electron chi connectivity index (χ2n) is 4.42. The molecule has 0 aliphatic rings. The van der Waals surface area contributed by atoms with Gasteiger partial charge >= 0.3 is 0 Å².